The Morgan fingerprint density at radius 2 is 1.08 bits per heavy atom. The summed E-state index contributed by atoms with van der Waals surface area (Å²) >= 11 is 0. The second kappa shape index (κ2) is 9.39. The topological polar surface area (TPSA) is 15.3 Å². The second-order valence-electron chi connectivity index (χ2n) is 10.2. The van der Waals surface area contributed by atoms with Gasteiger partial charge in [0.05, 0.1) is 16.8 Å². The molecule has 0 saturated heterocycles. The number of nitrogens with one attached hydrogen (secondary N) is 1. The van der Waals surface area contributed by atoms with Crippen LogP contribution in [0.25, 0.3) is 0 Å². The fraction of sp³-hybridized carbons (Fsp3) is 0.111. The highest BCUT2D eigenvalue weighted by Crippen LogP contribution is 2.59. The van der Waals surface area contributed by atoms with E-state index in [9.17, 15) is 0 Å². The number of hydrogen-bond acceptors (Lipinski definition) is 2. The zero-order valence-corrected chi connectivity index (χ0v) is 21.2. The van der Waals surface area contributed by atoms with Crippen LogP contribution < -0.4 is 10.2 Å². The number of fused-ring (bicyclic) bond motifs is 2. The molecular formula is C36H30N2. The third kappa shape index (κ3) is 3.48. The number of hydrogen-bond donors (Lipinski definition) is 1. The molecule has 0 aromatic heterocycles. The first kappa shape index (κ1) is 22.6. The highest BCUT2D eigenvalue weighted by molar-refractivity contribution is 5.89. The summed E-state index contributed by atoms with van der Waals surface area (Å²) in [5, 5.41) is 3.84. The molecule has 7 rings (SSSR count). The average molecular weight is 491 g/mol. The molecule has 0 spiro atoms. The van der Waals surface area contributed by atoms with Gasteiger partial charge >= 0.3 is 0 Å². The molecule has 38 heavy (non-hydrogen) atoms. The van der Waals surface area contributed by atoms with E-state index in [0.29, 0.717) is 5.92 Å². The molecule has 0 fully saturated rings. The Bertz CT molecular complexity index is 1520. The van der Waals surface area contributed by atoms with Gasteiger partial charge in [0.1, 0.15) is 0 Å². The van der Waals surface area contributed by atoms with Crippen LogP contribution in [0.1, 0.15) is 16.7 Å². The van der Waals surface area contributed by atoms with Gasteiger partial charge in [-0.1, -0.05) is 121 Å². The predicted octanol–water partition coefficient (Wildman–Crippen LogP) is 8.70. The van der Waals surface area contributed by atoms with Crippen LogP contribution in [-0.2, 0) is 5.41 Å². The van der Waals surface area contributed by atoms with Gasteiger partial charge in [-0.05, 0) is 47.0 Å². The Hall–Kier alpha value is -4.56. The summed E-state index contributed by atoms with van der Waals surface area (Å²) in [4.78, 5) is 2.43. The standard InChI is InChI=1S/C36H30N2/c1-2-18-29(19-3-1)38-34-24-12-9-21-31(34)36(28-16-6-7-17-28,32-22-10-13-25-35(32)38)30-20-8-11-23-33(30)37-26-27-14-4-5-15-27/h1-25,27-28,37H,26H2. The van der Waals surface area contributed by atoms with Crippen molar-refractivity contribution in [3.63, 3.8) is 0 Å². The van der Waals surface area contributed by atoms with Crippen molar-refractivity contribution in [1.29, 1.82) is 0 Å². The fourth-order valence-electron chi connectivity index (χ4n) is 6.51. The molecular weight excluding hydrogens is 460 g/mol. The largest absolute Gasteiger partial charge is 0.384 e. The maximum Gasteiger partial charge on any atom is 0.0610 e. The first-order valence-corrected chi connectivity index (χ1v) is 13.4. The summed E-state index contributed by atoms with van der Waals surface area (Å²) in [6.45, 7) is 0.871. The van der Waals surface area contributed by atoms with Gasteiger partial charge in [-0.2, -0.15) is 0 Å². The molecule has 0 bridgehead atoms. The molecule has 4 aromatic carbocycles. The van der Waals surface area contributed by atoms with Crippen molar-refractivity contribution in [2.45, 2.75) is 5.41 Å². The molecule has 2 nitrogen and oxygen atoms in total. The third-order valence-corrected chi connectivity index (χ3v) is 8.11. The van der Waals surface area contributed by atoms with Gasteiger partial charge in [-0.3, -0.25) is 0 Å². The molecule has 1 heterocycles. The fourth-order valence-corrected chi connectivity index (χ4v) is 6.51. The summed E-state index contributed by atoms with van der Waals surface area (Å²) in [5.74, 6) is 0.585. The lowest BCUT2D eigenvalue weighted by molar-refractivity contribution is 0.524. The monoisotopic (exact) mass is 490 g/mol. The Morgan fingerprint density at radius 1 is 0.553 bits per heavy atom. The van der Waals surface area contributed by atoms with Crippen molar-refractivity contribution in [2.75, 3.05) is 16.8 Å². The summed E-state index contributed by atoms with van der Waals surface area (Å²) in [5.41, 5.74) is 8.35. The van der Waals surface area contributed by atoms with E-state index in [1.54, 1.807) is 0 Å². The van der Waals surface area contributed by atoms with Crippen LogP contribution in [0.15, 0.2) is 152 Å². The number of anilines is 4. The quantitative estimate of drug-likeness (QED) is 0.291. The number of allylic oxidation sites excluding steroid dienone is 6. The third-order valence-electron chi connectivity index (χ3n) is 8.11. The smallest absolute Gasteiger partial charge is 0.0610 e. The summed E-state index contributed by atoms with van der Waals surface area (Å²) in [6.07, 6.45) is 17.9. The van der Waals surface area contributed by atoms with Crippen molar-refractivity contribution >= 4 is 22.7 Å². The molecule has 4 aromatic rings. The van der Waals surface area contributed by atoms with Crippen molar-refractivity contribution < 1.29 is 0 Å². The molecule has 0 unspecified atom stereocenters. The molecule has 0 saturated carbocycles. The average Bonchev–Trinajstić information content (AvgIpc) is 3.71. The Labute approximate surface area is 225 Å². The number of benzene rings is 4. The first-order chi connectivity index (χ1) is 18.9. The SMILES string of the molecule is C1=CC(CNc2ccccc2C2(C3C=CC=C3)c3ccccc3N(c3ccccc3)c3ccccc32)C=C1. The van der Waals surface area contributed by atoms with Crippen LogP contribution in [0.5, 0.6) is 0 Å². The van der Waals surface area contributed by atoms with Crippen LogP contribution in [-0.4, -0.2) is 6.54 Å². The van der Waals surface area contributed by atoms with Crippen LogP contribution >= 0.6 is 0 Å². The molecule has 0 radical (unpaired) electrons. The van der Waals surface area contributed by atoms with Crippen LogP contribution in [0.3, 0.4) is 0 Å². The van der Waals surface area contributed by atoms with Crippen molar-refractivity contribution in [3.05, 3.63) is 168 Å². The molecule has 1 aliphatic heterocycles. The summed E-state index contributed by atoms with van der Waals surface area (Å²) in [6, 6.07) is 37.6. The van der Waals surface area contributed by atoms with Gasteiger partial charge in [0.2, 0.25) is 0 Å². The van der Waals surface area contributed by atoms with Crippen molar-refractivity contribution in [2.24, 2.45) is 11.8 Å². The van der Waals surface area contributed by atoms with Crippen molar-refractivity contribution in [1.82, 2.24) is 0 Å². The van der Waals surface area contributed by atoms with E-state index in [0.717, 1.165) is 6.54 Å². The lowest BCUT2D eigenvalue weighted by Crippen LogP contribution is -2.41. The highest BCUT2D eigenvalue weighted by atomic mass is 15.2. The lowest BCUT2D eigenvalue weighted by Gasteiger charge is -2.49. The Balaban J connectivity index is 1.51. The zero-order chi connectivity index (χ0) is 25.4. The summed E-state index contributed by atoms with van der Waals surface area (Å²) in [7, 11) is 0. The van der Waals surface area contributed by atoms with E-state index in [-0.39, 0.29) is 5.92 Å². The van der Waals surface area contributed by atoms with E-state index in [1.807, 2.05) is 0 Å². The molecule has 1 N–H and O–H groups in total. The van der Waals surface area contributed by atoms with E-state index >= 15 is 0 Å². The minimum Gasteiger partial charge on any atom is -0.384 e. The predicted molar refractivity (Wildman–Crippen MR) is 159 cm³/mol. The number of rotatable bonds is 6. The van der Waals surface area contributed by atoms with Gasteiger partial charge in [0.25, 0.3) is 0 Å². The van der Waals surface area contributed by atoms with Crippen LogP contribution in [0, 0.1) is 11.8 Å². The molecule has 0 atom stereocenters. The van der Waals surface area contributed by atoms with Gasteiger partial charge < -0.3 is 10.2 Å². The Kier molecular flexibility index (Phi) is 5.59. The minimum atomic E-state index is -0.396. The molecule has 184 valence electrons. The normalized spacial score (nSPS) is 17.1. The van der Waals surface area contributed by atoms with Gasteiger partial charge in [0, 0.05) is 29.8 Å². The van der Waals surface area contributed by atoms with Gasteiger partial charge in [0.15, 0.2) is 0 Å². The second-order valence-corrected chi connectivity index (χ2v) is 10.2. The van der Waals surface area contributed by atoms with E-state index in [2.05, 4.69) is 162 Å². The lowest BCUT2D eigenvalue weighted by atomic mass is 9.59. The van der Waals surface area contributed by atoms with Gasteiger partial charge in [-0.25, -0.2) is 0 Å². The molecule has 3 aliphatic rings. The van der Waals surface area contributed by atoms with E-state index < -0.39 is 5.41 Å². The minimum absolute atomic E-state index is 0.178. The number of para-hydroxylation sites is 4. The molecule has 2 heteroatoms. The number of nitrogens with zero attached hydrogens (tertiary/aromatic N) is 1. The van der Waals surface area contributed by atoms with Crippen molar-refractivity contribution in [3.8, 4) is 0 Å². The first-order valence-electron chi connectivity index (χ1n) is 13.4. The van der Waals surface area contributed by atoms with Crippen LogP contribution in [0.2, 0.25) is 0 Å². The van der Waals surface area contributed by atoms with E-state index in [4.69, 9.17) is 0 Å². The molecule has 2 aliphatic carbocycles. The van der Waals surface area contributed by atoms with E-state index in [1.165, 1.54) is 39.4 Å². The maximum atomic E-state index is 3.84. The maximum absolute atomic E-state index is 3.84. The van der Waals surface area contributed by atoms with Gasteiger partial charge in [-0.15, -0.1) is 0 Å². The highest BCUT2D eigenvalue weighted by Gasteiger charge is 2.50. The summed E-state index contributed by atoms with van der Waals surface area (Å²) < 4.78 is 0. The van der Waals surface area contributed by atoms with Crippen LogP contribution in [0.4, 0.5) is 22.7 Å². The Morgan fingerprint density at radius 3 is 1.74 bits per heavy atom. The molecule has 0 amide bonds. The zero-order valence-electron chi connectivity index (χ0n) is 21.2.